The fourth-order valence-electron chi connectivity index (χ4n) is 4.75. The van der Waals surface area contributed by atoms with Crippen LogP contribution in [0.2, 0.25) is 0 Å². The van der Waals surface area contributed by atoms with Gasteiger partial charge in [-0.1, -0.05) is 19.4 Å². The maximum absolute atomic E-state index is 14.2. The van der Waals surface area contributed by atoms with Crippen LogP contribution in [0.15, 0.2) is 70.4 Å². The molecule has 0 amide bonds. The average Bonchev–Trinajstić information content (AvgIpc) is 3.40. The Morgan fingerprint density at radius 3 is 2.36 bits per heavy atom. The van der Waals surface area contributed by atoms with E-state index in [1.807, 2.05) is 6.07 Å². The van der Waals surface area contributed by atoms with Crippen LogP contribution in [0.25, 0.3) is 22.6 Å². The van der Waals surface area contributed by atoms with Crippen LogP contribution in [0.4, 0.5) is 13.2 Å². The van der Waals surface area contributed by atoms with Crippen molar-refractivity contribution in [3.63, 3.8) is 0 Å². The van der Waals surface area contributed by atoms with Gasteiger partial charge in [0.15, 0.2) is 0 Å². The third-order valence-electron chi connectivity index (χ3n) is 6.67. The summed E-state index contributed by atoms with van der Waals surface area (Å²) in [4.78, 5) is 28.1. The van der Waals surface area contributed by atoms with Gasteiger partial charge in [0.2, 0.25) is 10.0 Å². The highest BCUT2D eigenvalue weighted by Gasteiger charge is 2.32. The van der Waals surface area contributed by atoms with Gasteiger partial charge in [-0.3, -0.25) is 13.9 Å². The van der Waals surface area contributed by atoms with Gasteiger partial charge >= 0.3 is 11.9 Å². The number of hydrogen-bond acceptors (Lipinski definition) is 6. The van der Waals surface area contributed by atoms with Crippen molar-refractivity contribution in [2.75, 3.05) is 12.8 Å². The number of nitrogens with one attached hydrogen (secondary N) is 1. The molecule has 0 aliphatic carbocycles. The zero-order chi connectivity index (χ0) is 30.8. The third kappa shape index (κ3) is 6.22. The van der Waals surface area contributed by atoms with Crippen molar-refractivity contribution >= 4 is 10.0 Å². The zero-order valence-electron chi connectivity index (χ0n) is 22.9. The fraction of sp³-hybridized carbons (Fsp3) is 0.286. The Labute approximate surface area is 239 Å². The lowest BCUT2D eigenvalue weighted by molar-refractivity contribution is -0.137. The lowest BCUT2D eigenvalue weighted by Crippen LogP contribution is -2.46. The Kier molecular flexibility index (Phi) is 8.55. The summed E-state index contributed by atoms with van der Waals surface area (Å²) in [5.74, 6) is 0. The zero-order valence-corrected chi connectivity index (χ0v) is 23.7. The Balaban J connectivity index is 2.07. The molecule has 4 aromatic rings. The van der Waals surface area contributed by atoms with E-state index in [0.29, 0.717) is 17.7 Å². The number of aromatic nitrogens is 4. The predicted molar refractivity (Wildman–Crippen MR) is 150 cm³/mol. The van der Waals surface area contributed by atoms with Gasteiger partial charge in [-0.15, -0.1) is 0 Å². The predicted octanol–water partition coefficient (Wildman–Crippen LogP) is 3.94. The maximum atomic E-state index is 14.2. The molecular weight excluding hydrogens is 573 g/mol. The minimum absolute atomic E-state index is 0.0191. The van der Waals surface area contributed by atoms with Gasteiger partial charge in [0.1, 0.15) is 0 Å². The second-order valence-corrected chi connectivity index (χ2v) is 11.5. The Bertz CT molecular complexity index is 1880. The van der Waals surface area contributed by atoms with E-state index in [-0.39, 0.29) is 35.6 Å². The summed E-state index contributed by atoms with van der Waals surface area (Å²) >= 11 is 0. The summed E-state index contributed by atoms with van der Waals surface area (Å²) in [6.45, 7) is 2.95. The minimum Gasteiger partial charge on any atom is -0.268 e. The number of benzene rings is 2. The fourth-order valence-corrected chi connectivity index (χ4v) is 5.24. The first-order valence-electron chi connectivity index (χ1n) is 12.8. The molecule has 0 aliphatic heterocycles. The molecular formula is C28H27F3N6O4S. The van der Waals surface area contributed by atoms with Gasteiger partial charge in [-0.25, -0.2) is 22.6 Å². The second-order valence-electron chi connectivity index (χ2n) is 9.65. The molecule has 0 saturated heterocycles. The first-order valence-corrected chi connectivity index (χ1v) is 14.7. The second kappa shape index (κ2) is 11.8. The highest BCUT2D eigenvalue weighted by atomic mass is 32.2. The number of alkyl halides is 3. The standard InChI is InChI=1S/C28H27F3N6O4S/c1-4-6-23(17-34-42(3,40)41)36-26(38)25(24-13-14-33-37(24)21-11-9-19(16-32)10-12-21)18(2)35(27(36)39)22-8-5-7-20(15-22)28(29,30)31/h5,7-15,23,34H,4,6,17H2,1-3H3. The number of sulfonamides is 1. The molecule has 1 N–H and O–H groups in total. The molecule has 2 aromatic heterocycles. The Morgan fingerprint density at radius 2 is 1.76 bits per heavy atom. The van der Waals surface area contributed by atoms with Gasteiger partial charge in [0, 0.05) is 12.2 Å². The van der Waals surface area contributed by atoms with Crippen LogP contribution in [0.5, 0.6) is 0 Å². The molecule has 220 valence electrons. The molecule has 1 atom stereocenters. The third-order valence-corrected chi connectivity index (χ3v) is 7.36. The van der Waals surface area contributed by atoms with Crippen LogP contribution in [-0.4, -0.2) is 40.1 Å². The normalized spacial score (nSPS) is 12.7. The molecule has 14 heteroatoms. The molecule has 0 saturated carbocycles. The molecule has 2 aromatic carbocycles. The smallest absolute Gasteiger partial charge is 0.268 e. The molecule has 10 nitrogen and oxygen atoms in total. The van der Waals surface area contributed by atoms with Crippen molar-refractivity contribution in [1.29, 1.82) is 5.26 Å². The molecule has 0 spiro atoms. The van der Waals surface area contributed by atoms with Gasteiger partial charge in [0.05, 0.1) is 58.3 Å². The van der Waals surface area contributed by atoms with E-state index in [9.17, 15) is 31.2 Å². The van der Waals surface area contributed by atoms with E-state index in [0.717, 1.165) is 33.6 Å². The quantitative estimate of drug-likeness (QED) is 0.310. The summed E-state index contributed by atoms with van der Waals surface area (Å²) in [7, 11) is -3.70. The van der Waals surface area contributed by atoms with Crippen molar-refractivity contribution in [3.8, 4) is 28.7 Å². The van der Waals surface area contributed by atoms with Crippen molar-refractivity contribution < 1.29 is 21.6 Å². The monoisotopic (exact) mass is 600 g/mol. The number of nitrogens with zero attached hydrogens (tertiary/aromatic N) is 5. The molecule has 0 aliphatic rings. The van der Waals surface area contributed by atoms with Crippen molar-refractivity contribution in [2.24, 2.45) is 0 Å². The topological polar surface area (TPSA) is 132 Å². The number of rotatable bonds is 9. The van der Waals surface area contributed by atoms with E-state index in [1.54, 1.807) is 31.2 Å². The number of hydrogen-bond donors (Lipinski definition) is 1. The van der Waals surface area contributed by atoms with E-state index in [1.165, 1.54) is 29.9 Å². The van der Waals surface area contributed by atoms with Crippen LogP contribution in [0, 0.1) is 18.3 Å². The van der Waals surface area contributed by atoms with E-state index in [4.69, 9.17) is 5.26 Å². The summed E-state index contributed by atoms with van der Waals surface area (Å²) in [6.07, 6.45) is -1.64. The maximum Gasteiger partial charge on any atom is 0.416 e. The van der Waals surface area contributed by atoms with Crippen LogP contribution >= 0.6 is 0 Å². The van der Waals surface area contributed by atoms with Gasteiger partial charge in [-0.05, 0) is 61.9 Å². The lowest BCUT2D eigenvalue weighted by Gasteiger charge is -2.24. The summed E-state index contributed by atoms with van der Waals surface area (Å²) in [6, 6.07) is 13.1. The van der Waals surface area contributed by atoms with Gasteiger partial charge < -0.3 is 0 Å². The van der Waals surface area contributed by atoms with Crippen LogP contribution in [-0.2, 0) is 16.2 Å². The van der Waals surface area contributed by atoms with E-state index >= 15 is 0 Å². The van der Waals surface area contributed by atoms with E-state index < -0.39 is 39.1 Å². The molecule has 0 radical (unpaired) electrons. The molecule has 0 bridgehead atoms. The molecule has 0 fully saturated rings. The van der Waals surface area contributed by atoms with Crippen LogP contribution in [0.3, 0.4) is 0 Å². The van der Waals surface area contributed by atoms with Crippen molar-refractivity contribution in [3.05, 3.63) is 98.5 Å². The molecule has 2 heterocycles. The first kappa shape index (κ1) is 30.5. The highest BCUT2D eigenvalue weighted by molar-refractivity contribution is 7.88. The van der Waals surface area contributed by atoms with Gasteiger partial charge in [-0.2, -0.15) is 23.5 Å². The lowest BCUT2D eigenvalue weighted by atomic mass is 10.1. The summed E-state index contributed by atoms with van der Waals surface area (Å²) in [5, 5.41) is 13.5. The largest absolute Gasteiger partial charge is 0.416 e. The molecule has 4 rings (SSSR count). The van der Waals surface area contributed by atoms with Crippen LogP contribution in [0.1, 0.15) is 42.6 Å². The van der Waals surface area contributed by atoms with E-state index in [2.05, 4.69) is 9.82 Å². The molecule has 1 unspecified atom stereocenters. The molecule has 42 heavy (non-hydrogen) atoms. The minimum atomic E-state index is -4.69. The summed E-state index contributed by atoms with van der Waals surface area (Å²) in [5.41, 5.74) is -1.64. The highest BCUT2D eigenvalue weighted by Crippen LogP contribution is 2.31. The SMILES string of the molecule is CCCC(CNS(C)(=O)=O)n1c(=O)c(-c2ccnn2-c2ccc(C#N)cc2)c(C)n(-c2cccc(C(F)(F)F)c2)c1=O. The van der Waals surface area contributed by atoms with Crippen LogP contribution < -0.4 is 16.0 Å². The van der Waals surface area contributed by atoms with Crippen molar-refractivity contribution in [2.45, 2.75) is 38.9 Å². The van der Waals surface area contributed by atoms with Crippen molar-refractivity contribution in [1.82, 2.24) is 23.6 Å². The Morgan fingerprint density at radius 1 is 1.07 bits per heavy atom. The summed E-state index contributed by atoms with van der Waals surface area (Å²) < 4.78 is 70.3. The van der Waals surface area contributed by atoms with Gasteiger partial charge in [0.25, 0.3) is 5.56 Å². The first-order chi connectivity index (χ1) is 19.8. The average molecular weight is 601 g/mol. The number of nitriles is 1. The number of halogens is 3. The Hall–Kier alpha value is -4.48.